The molecule has 108 valence electrons. The largest absolute Gasteiger partial charge is 0.456 e. The number of nitrogens with two attached hydrogens (primary N) is 1. The van der Waals surface area contributed by atoms with Gasteiger partial charge in [0.1, 0.15) is 0 Å². The molecule has 0 aliphatic heterocycles. The van der Waals surface area contributed by atoms with E-state index in [0.717, 1.165) is 0 Å². The average molecular weight is 303 g/mol. The Hall–Kier alpha value is -2.31. The summed E-state index contributed by atoms with van der Waals surface area (Å²) in [6.45, 7) is -0.422. The van der Waals surface area contributed by atoms with E-state index in [1.54, 1.807) is 47.8 Å². The zero-order valence-electron chi connectivity index (χ0n) is 11.0. The molecule has 0 radical (unpaired) electrons. The molecule has 1 heterocycles. The molecule has 1 atom stereocenters. The number of carbonyl (C=O) groups excluding carboxylic acids is 3. The first-order valence-corrected chi connectivity index (χ1v) is 7.05. The van der Waals surface area contributed by atoms with Gasteiger partial charge in [-0.15, -0.1) is 11.3 Å². The molecule has 0 aliphatic carbocycles. The Morgan fingerprint density at radius 2 is 1.81 bits per heavy atom. The molecule has 2 rings (SSSR count). The lowest BCUT2D eigenvalue weighted by Crippen LogP contribution is -2.40. The Morgan fingerprint density at radius 3 is 2.43 bits per heavy atom. The Balaban J connectivity index is 1.91. The minimum absolute atomic E-state index is 0.322. The second kappa shape index (κ2) is 6.92. The van der Waals surface area contributed by atoms with Crippen molar-refractivity contribution in [1.82, 2.24) is 0 Å². The van der Waals surface area contributed by atoms with E-state index in [1.165, 1.54) is 11.3 Å². The molecule has 1 unspecified atom stereocenters. The van der Waals surface area contributed by atoms with Crippen molar-refractivity contribution in [1.29, 1.82) is 0 Å². The molecule has 0 spiro atoms. The molecule has 1 aromatic carbocycles. The van der Waals surface area contributed by atoms with Crippen LogP contribution in [-0.2, 0) is 9.53 Å². The van der Waals surface area contributed by atoms with Gasteiger partial charge in [0.15, 0.2) is 18.4 Å². The molecule has 5 nitrogen and oxygen atoms in total. The lowest BCUT2D eigenvalue weighted by Gasteiger charge is -2.10. The fourth-order valence-electron chi connectivity index (χ4n) is 1.62. The van der Waals surface area contributed by atoms with E-state index < -0.39 is 24.4 Å². The molecule has 0 amide bonds. The first-order chi connectivity index (χ1) is 10.1. The smallest absolute Gasteiger partial charge is 0.331 e. The van der Waals surface area contributed by atoms with Crippen LogP contribution in [0.4, 0.5) is 0 Å². The predicted octanol–water partition coefficient (Wildman–Crippen LogP) is 1.68. The van der Waals surface area contributed by atoms with Crippen LogP contribution in [0.25, 0.3) is 0 Å². The molecule has 0 bridgehead atoms. The highest BCUT2D eigenvalue weighted by Crippen LogP contribution is 2.10. The van der Waals surface area contributed by atoms with E-state index in [1.807, 2.05) is 0 Å². The van der Waals surface area contributed by atoms with Gasteiger partial charge in [0.05, 0.1) is 4.88 Å². The van der Waals surface area contributed by atoms with Crippen LogP contribution in [0.1, 0.15) is 20.0 Å². The van der Waals surface area contributed by atoms with Crippen molar-refractivity contribution in [2.75, 3.05) is 6.61 Å². The van der Waals surface area contributed by atoms with E-state index in [2.05, 4.69) is 0 Å². The van der Waals surface area contributed by atoms with E-state index in [4.69, 9.17) is 10.5 Å². The van der Waals surface area contributed by atoms with Gasteiger partial charge >= 0.3 is 5.97 Å². The number of esters is 1. The molecule has 0 fully saturated rings. The van der Waals surface area contributed by atoms with Crippen LogP contribution in [0.2, 0.25) is 0 Å². The average Bonchev–Trinajstić information content (AvgIpc) is 3.06. The topological polar surface area (TPSA) is 86.5 Å². The Bertz CT molecular complexity index is 637. The van der Waals surface area contributed by atoms with E-state index in [-0.39, 0.29) is 5.78 Å². The minimum atomic E-state index is -1.43. The number of thiophene rings is 1. The molecule has 1 aromatic heterocycles. The number of hydrogen-bond donors (Lipinski definition) is 1. The quantitative estimate of drug-likeness (QED) is 0.498. The summed E-state index contributed by atoms with van der Waals surface area (Å²) < 4.78 is 4.80. The maximum absolute atomic E-state index is 12.0. The van der Waals surface area contributed by atoms with Crippen LogP contribution < -0.4 is 5.73 Å². The number of ketones is 2. The molecule has 0 saturated heterocycles. The fraction of sp³-hybridized carbons (Fsp3) is 0.133. The van der Waals surface area contributed by atoms with Gasteiger partial charge in [-0.2, -0.15) is 0 Å². The normalized spacial score (nSPS) is 11.7. The molecule has 2 N–H and O–H groups in total. The summed E-state index contributed by atoms with van der Waals surface area (Å²) in [7, 11) is 0. The Morgan fingerprint density at radius 1 is 1.10 bits per heavy atom. The lowest BCUT2D eigenvalue weighted by atomic mass is 10.1. The second-order valence-corrected chi connectivity index (χ2v) is 5.16. The standard InChI is InChI=1S/C15H13NO4S/c16-13(14(18)10-5-2-1-3-6-10)15(19)20-9-11(17)12-7-4-8-21-12/h1-8,13H,9,16H2. The number of benzene rings is 1. The summed E-state index contributed by atoms with van der Waals surface area (Å²) in [5.74, 6) is -1.77. The number of ether oxygens (including phenoxy) is 1. The number of Topliss-reactive ketones (excluding diaryl/α,β-unsaturated/α-hetero) is 2. The molecule has 6 heteroatoms. The Labute approximate surface area is 125 Å². The van der Waals surface area contributed by atoms with Crippen molar-refractivity contribution < 1.29 is 19.1 Å². The number of hydrogen-bond acceptors (Lipinski definition) is 6. The number of carbonyl (C=O) groups is 3. The summed E-state index contributed by atoms with van der Waals surface area (Å²) in [5.41, 5.74) is 5.89. The third-order valence-electron chi connectivity index (χ3n) is 2.74. The van der Waals surface area contributed by atoms with E-state index in [0.29, 0.717) is 10.4 Å². The van der Waals surface area contributed by atoms with Crippen LogP contribution in [0.5, 0.6) is 0 Å². The van der Waals surface area contributed by atoms with Crippen LogP contribution >= 0.6 is 11.3 Å². The zero-order valence-corrected chi connectivity index (χ0v) is 11.8. The molecular weight excluding hydrogens is 290 g/mol. The second-order valence-electron chi connectivity index (χ2n) is 4.22. The summed E-state index contributed by atoms with van der Waals surface area (Å²) in [4.78, 5) is 35.8. The maximum Gasteiger partial charge on any atom is 0.331 e. The molecular formula is C15H13NO4S. The van der Waals surface area contributed by atoms with E-state index in [9.17, 15) is 14.4 Å². The number of rotatable bonds is 6. The van der Waals surface area contributed by atoms with Gasteiger partial charge in [0, 0.05) is 5.56 Å². The van der Waals surface area contributed by atoms with Crippen molar-refractivity contribution in [2.45, 2.75) is 6.04 Å². The van der Waals surface area contributed by atoms with Gasteiger partial charge in [-0.3, -0.25) is 9.59 Å². The van der Waals surface area contributed by atoms with Gasteiger partial charge < -0.3 is 10.5 Å². The monoisotopic (exact) mass is 303 g/mol. The minimum Gasteiger partial charge on any atom is -0.456 e. The molecule has 0 aliphatic rings. The van der Waals surface area contributed by atoms with Gasteiger partial charge in [-0.05, 0) is 11.4 Å². The third-order valence-corrected chi connectivity index (χ3v) is 3.65. The van der Waals surface area contributed by atoms with Crippen molar-refractivity contribution in [3.63, 3.8) is 0 Å². The lowest BCUT2D eigenvalue weighted by molar-refractivity contribution is -0.142. The van der Waals surface area contributed by atoms with Crippen molar-refractivity contribution in [3.05, 3.63) is 58.3 Å². The summed E-state index contributed by atoms with van der Waals surface area (Å²) in [6.07, 6.45) is 0. The zero-order chi connectivity index (χ0) is 15.2. The van der Waals surface area contributed by atoms with E-state index >= 15 is 0 Å². The molecule has 0 saturated carbocycles. The van der Waals surface area contributed by atoms with Gasteiger partial charge in [0.2, 0.25) is 5.78 Å². The first-order valence-electron chi connectivity index (χ1n) is 6.18. The fourth-order valence-corrected chi connectivity index (χ4v) is 2.28. The van der Waals surface area contributed by atoms with Crippen LogP contribution in [0.15, 0.2) is 47.8 Å². The summed E-state index contributed by atoms with van der Waals surface area (Å²) in [5, 5.41) is 1.75. The highest BCUT2D eigenvalue weighted by atomic mass is 32.1. The van der Waals surface area contributed by atoms with Gasteiger partial charge in [-0.25, -0.2) is 4.79 Å². The van der Waals surface area contributed by atoms with Gasteiger partial charge in [0.25, 0.3) is 0 Å². The highest BCUT2D eigenvalue weighted by molar-refractivity contribution is 7.12. The molecule has 21 heavy (non-hydrogen) atoms. The third kappa shape index (κ3) is 3.84. The SMILES string of the molecule is NC(C(=O)OCC(=O)c1cccs1)C(=O)c1ccccc1. The predicted molar refractivity (Wildman–Crippen MR) is 78.4 cm³/mol. The van der Waals surface area contributed by atoms with Crippen LogP contribution in [-0.4, -0.2) is 30.2 Å². The van der Waals surface area contributed by atoms with Crippen molar-refractivity contribution in [3.8, 4) is 0 Å². The molecule has 2 aromatic rings. The van der Waals surface area contributed by atoms with Gasteiger partial charge in [-0.1, -0.05) is 36.4 Å². The van der Waals surface area contributed by atoms with Crippen molar-refractivity contribution >= 4 is 28.9 Å². The van der Waals surface area contributed by atoms with Crippen LogP contribution in [0.3, 0.4) is 0 Å². The Kier molecular flexibility index (Phi) is 4.97. The first kappa shape index (κ1) is 15.1. The summed E-state index contributed by atoms with van der Waals surface area (Å²) >= 11 is 1.26. The maximum atomic E-state index is 12.0. The highest BCUT2D eigenvalue weighted by Gasteiger charge is 2.25. The van der Waals surface area contributed by atoms with Crippen molar-refractivity contribution in [2.24, 2.45) is 5.73 Å². The van der Waals surface area contributed by atoms with Crippen LogP contribution in [0, 0.1) is 0 Å². The summed E-state index contributed by atoms with van der Waals surface area (Å²) in [6, 6.07) is 10.2.